The number of hydrogen-bond donors (Lipinski definition) is 4. The minimum atomic E-state index is -1.12. The molecule has 0 saturated heterocycles. The Morgan fingerprint density at radius 1 is 1.10 bits per heavy atom. The summed E-state index contributed by atoms with van der Waals surface area (Å²) in [5.74, 6) is -0.133. The lowest BCUT2D eigenvalue weighted by atomic mass is 9.41. The van der Waals surface area contributed by atoms with Crippen LogP contribution < -0.4 is 0 Å². The van der Waals surface area contributed by atoms with Gasteiger partial charge in [-0.25, -0.2) is 0 Å². The summed E-state index contributed by atoms with van der Waals surface area (Å²) in [7, 11) is 0. The van der Waals surface area contributed by atoms with Crippen LogP contribution in [0.4, 0.5) is 0 Å². The summed E-state index contributed by atoms with van der Waals surface area (Å²) < 4.78 is 5.10. The van der Waals surface area contributed by atoms with E-state index in [2.05, 4.69) is 12.1 Å². The van der Waals surface area contributed by atoms with Gasteiger partial charge in [0.25, 0.3) is 0 Å². The molecule has 7 heteroatoms. The van der Waals surface area contributed by atoms with Gasteiger partial charge >= 0.3 is 5.97 Å². The smallest absolute Gasteiger partial charge is 0.314 e. The Bertz CT molecular complexity index is 812. The molecule has 1 heterocycles. The van der Waals surface area contributed by atoms with Crippen LogP contribution in [0.5, 0.6) is 0 Å². The van der Waals surface area contributed by atoms with Gasteiger partial charge in [0.05, 0.1) is 36.2 Å². The molecule has 0 amide bonds. The maximum absolute atomic E-state index is 12.2. The third-order valence-electron chi connectivity index (χ3n) is 9.93. The van der Waals surface area contributed by atoms with Gasteiger partial charge in [-0.05, 0) is 74.7 Å². The minimum absolute atomic E-state index is 0.00749. The first-order valence-corrected chi connectivity index (χ1v) is 11.4. The van der Waals surface area contributed by atoms with Crippen molar-refractivity contribution in [2.45, 2.75) is 88.4 Å². The number of hydrogen-bond acceptors (Lipinski definition) is 7. The first-order valence-electron chi connectivity index (χ1n) is 11.4. The van der Waals surface area contributed by atoms with Gasteiger partial charge in [-0.2, -0.15) is 0 Å². The fourth-order valence-electron chi connectivity index (χ4n) is 8.47. The Labute approximate surface area is 176 Å². The molecule has 0 aromatic heterocycles. The molecule has 5 aliphatic rings. The Morgan fingerprint density at radius 2 is 1.87 bits per heavy atom. The highest BCUT2D eigenvalue weighted by Gasteiger charge is 2.71. The summed E-state index contributed by atoms with van der Waals surface area (Å²) in [4.78, 5) is 11.7. The second-order valence-electron chi connectivity index (χ2n) is 10.8. The van der Waals surface area contributed by atoms with Crippen LogP contribution in [-0.4, -0.2) is 50.0 Å². The zero-order chi connectivity index (χ0) is 21.4. The normalized spacial score (nSPS) is 53.1. The molecule has 0 radical (unpaired) electrons. The monoisotopic (exact) mass is 419 g/mol. The van der Waals surface area contributed by atoms with E-state index >= 15 is 0 Å². The maximum Gasteiger partial charge on any atom is 0.314 e. The predicted molar refractivity (Wildman–Crippen MR) is 108 cm³/mol. The lowest BCUT2D eigenvalue weighted by Gasteiger charge is -2.65. The van der Waals surface area contributed by atoms with Gasteiger partial charge in [0.2, 0.25) is 0 Å². The van der Waals surface area contributed by atoms with Gasteiger partial charge in [0.1, 0.15) is 0 Å². The highest BCUT2D eigenvalue weighted by atomic mass is 16.5. The van der Waals surface area contributed by atoms with Crippen molar-refractivity contribution >= 4 is 12.2 Å². The van der Waals surface area contributed by atoms with Gasteiger partial charge in [-0.3, -0.25) is 4.79 Å². The summed E-state index contributed by atoms with van der Waals surface area (Å²) in [5, 5.41) is 47.0. The van der Waals surface area contributed by atoms with Gasteiger partial charge < -0.3 is 25.3 Å². The molecule has 4 N–H and O–H groups in total. The maximum atomic E-state index is 12.2. The molecule has 0 spiro atoms. The fraction of sp³-hybridized carbons (Fsp3) is 0.826. The number of esters is 1. The number of oxime groups is 1. The van der Waals surface area contributed by atoms with Gasteiger partial charge in [0.15, 0.2) is 0 Å². The number of ether oxygens (including phenoxy) is 1. The van der Waals surface area contributed by atoms with Crippen LogP contribution in [0.2, 0.25) is 0 Å². The average Bonchev–Trinajstić information content (AvgIpc) is 3.23. The summed E-state index contributed by atoms with van der Waals surface area (Å²) in [5.41, 5.74) is -2.11. The summed E-state index contributed by atoms with van der Waals surface area (Å²) in [6, 6.07) is 0. The van der Waals surface area contributed by atoms with Crippen molar-refractivity contribution in [3.05, 3.63) is 11.8 Å². The molecular weight excluding hydrogens is 386 g/mol. The van der Waals surface area contributed by atoms with Crippen LogP contribution in [0, 0.1) is 28.6 Å². The van der Waals surface area contributed by atoms with Crippen molar-refractivity contribution in [2.24, 2.45) is 33.7 Å². The third kappa shape index (κ3) is 2.43. The third-order valence-corrected chi connectivity index (χ3v) is 9.93. The van der Waals surface area contributed by atoms with E-state index in [-0.39, 0.29) is 35.6 Å². The van der Waals surface area contributed by atoms with Gasteiger partial charge in [-0.1, -0.05) is 6.92 Å². The predicted octanol–water partition coefficient (Wildman–Crippen LogP) is 2.51. The second kappa shape index (κ2) is 6.53. The van der Waals surface area contributed by atoms with E-state index in [1.807, 2.05) is 0 Å². The number of aliphatic hydroxyl groups excluding tert-OH is 1. The Morgan fingerprint density at radius 3 is 2.57 bits per heavy atom. The lowest BCUT2D eigenvalue weighted by Crippen LogP contribution is -2.68. The standard InChI is InChI=1S/C23H33NO6/c1-20-6-3-17-18(23(20,28)9-5-16(20)14-10-19(26)30-12-14)4-8-22(27)11-15(25)2-7-21(17,22)13-24-29/h12-13,15-18,25,27-29H,2-11H2,1H3/b24-13+/t15-,16+,17-,18+,20+,21-,22-,23-/m0/s1. The molecule has 0 aromatic carbocycles. The molecule has 0 aromatic rings. The highest BCUT2D eigenvalue weighted by Crippen LogP contribution is 2.70. The highest BCUT2D eigenvalue weighted by molar-refractivity contribution is 5.76. The van der Waals surface area contributed by atoms with E-state index in [1.165, 1.54) is 6.21 Å². The summed E-state index contributed by atoms with van der Waals surface area (Å²) in [6.45, 7) is 2.16. The number of fused-ring (bicyclic) bond motifs is 5. The van der Waals surface area contributed by atoms with E-state index in [0.717, 1.165) is 24.8 Å². The molecule has 4 saturated carbocycles. The molecule has 1 aliphatic heterocycles. The van der Waals surface area contributed by atoms with Crippen molar-refractivity contribution in [3.63, 3.8) is 0 Å². The van der Waals surface area contributed by atoms with Crippen LogP contribution in [0.25, 0.3) is 0 Å². The molecule has 4 aliphatic carbocycles. The van der Waals surface area contributed by atoms with Crippen LogP contribution in [0.15, 0.2) is 17.0 Å². The second-order valence-corrected chi connectivity index (χ2v) is 10.8. The number of rotatable bonds is 2. The van der Waals surface area contributed by atoms with E-state index in [0.29, 0.717) is 38.5 Å². The quantitative estimate of drug-likeness (QED) is 0.236. The van der Waals surface area contributed by atoms with Crippen molar-refractivity contribution in [1.82, 2.24) is 0 Å². The summed E-state index contributed by atoms with van der Waals surface area (Å²) in [6.07, 6.45) is 8.50. The molecule has 4 fully saturated rings. The van der Waals surface area contributed by atoms with E-state index in [4.69, 9.17) is 4.74 Å². The molecule has 30 heavy (non-hydrogen) atoms. The van der Waals surface area contributed by atoms with Crippen LogP contribution in [0.3, 0.4) is 0 Å². The van der Waals surface area contributed by atoms with Crippen molar-refractivity contribution in [2.75, 3.05) is 0 Å². The molecule has 7 nitrogen and oxygen atoms in total. The number of cyclic esters (lactones) is 1. The van der Waals surface area contributed by atoms with Gasteiger partial charge in [0, 0.05) is 17.3 Å². The lowest BCUT2D eigenvalue weighted by molar-refractivity contribution is -0.237. The molecule has 0 unspecified atom stereocenters. The van der Waals surface area contributed by atoms with Crippen LogP contribution >= 0.6 is 0 Å². The Balaban J connectivity index is 1.52. The number of aliphatic hydroxyl groups is 3. The topological polar surface area (TPSA) is 120 Å². The van der Waals surface area contributed by atoms with Crippen molar-refractivity contribution in [3.8, 4) is 0 Å². The van der Waals surface area contributed by atoms with Crippen LogP contribution in [-0.2, 0) is 9.53 Å². The molecule has 0 bridgehead atoms. The molecular formula is C23H33NO6. The van der Waals surface area contributed by atoms with E-state index in [9.17, 15) is 25.3 Å². The number of nitrogens with zero attached hydrogens (tertiary/aromatic N) is 1. The zero-order valence-electron chi connectivity index (χ0n) is 17.6. The largest absolute Gasteiger partial charge is 0.434 e. The Kier molecular flexibility index (Phi) is 4.45. The number of carbonyl (C=O) groups excluding carboxylic acids is 1. The molecule has 166 valence electrons. The van der Waals surface area contributed by atoms with Crippen molar-refractivity contribution < 1.29 is 30.1 Å². The van der Waals surface area contributed by atoms with Crippen molar-refractivity contribution in [1.29, 1.82) is 0 Å². The first-order chi connectivity index (χ1) is 14.2. The van der Waals surface area contributed by atoms with E-state index in [1.54, 1.807) is 6.26 Å². The molecule has 8 atom stereocenters. The van der Waals surface area contributed by atoms with Crippen LogP contribution in [0.1, 0.15) is 71.1 Å². The Hall–Kier alpha value is -1.44. The van der Waals surface area contributed by atoms with Gasteiger partial charge in [-0.15, -0.1) is 5.16 Å². The minimum Gasteiger partial charge on any atom is -0.434 e. The average molecular weight is 420 g/mol. The molecule has 5 rings (SSSR count). The number of carbonyl (C=O) groups is 1. The summed E-state index contributed by atoms with van der Waals surface area (Å²) >= 11 is 0. The fourth-order valence-corrected chi connectivity index (χ4v) is 8.47. The zero-order valence-corrected chi connectivity index (χ0v) is 17.6. The first kappa shape index (κ1) is 20.5. The van der Waals surface area contributed by atoms with E-state index < -0.39 is 22.7 Å². The SMILES string of the molecule is C[C@]12CC[C@H]3[C@@H](CC[C@]4(O)C[C@@H](O)CC[C@]34/C=N/O)[C@@]1(O)CC[C@@H]2C1=COC(=O)C1.